The lowest BCUT2D eigenvalue weighted by Gasteiger charge is -2.43. The van der Waals surface area contributed by atoms with E-state index in [1.165, 1.54) is 0 Å². The van der Waals surface area contributed by atoms with E-state index in [-0.39, 0.29) is 18.6 Å². The number of piperazine rings is 1. The molecule has 186 valence electrons. The molecular formula is C27H39N3O4. The average molecular weight is 470 g/mol. The van der Waals surface area contributed by atoms with E-state index in [0.29, 0.717) is 32.8 Å². The van der Waals surface area contributed by atoms with Crippen LogP contribution in [0.2, 0.25) is 0 Å². The fourth-order valence-corrected chi connectivity index (χ4v) is 4.56. The van der Waals surface area contributed by atoms with Gasteiger partial charge < -0.3 is 20.1 Å². The van der Waals surface area contributed by atoms with Gasteiger partial charge in [0.25, 0.3) is 5.91 Å². The first-order valence-corrected chi connectivity index (χ1v) is 12.6. The van der Waals surface area contributed by atoms with E-state index in [1.807, 2.05) is 54.3 Å². The van der Waals surface area contributed by atoms with Crippen molar-refractivity contribution in [2.75, 3.05) is 39.4 Å². The van der Waals surface area contributed by atoms with Crippen LogP contribution in [0, 0.1) is 0 Å². The van der Waals surface area contributed by atoms with Crippen molar-refractivity contribution in [2.24, 2.45) is 0 Å². The minimum absolute atomic E-state index is 0.0642. The van der Waals surface area contributed by atoms with Crippen LogP contribution in [0.1, 0.15) is 56.3 Å². The van der Waals surface area contributed by atoms with Crippen LogP contribution in [0.5, 0.6) is 0 Å². The summed E-state index contributed by atoms with van der Waals surface area (Å²) in [7, 11) is 0. The number of nitrogens with zero attached hydrogens (tertiary/aromatic N) is 2. The molecular weight excluding hydrogens is 430 g/mol. The van der Waals surface area contributed by atoms with Crippen LogP contribution in [0.4, 0.5) is 4.79 Å². The van der Waals surface area contributed by atoms with Gasteiger partial charge in [-0.25, -0.2) is 4.79 Å². The summed E-state index contributed by atoms with van der Waals surface area (Å²) in [4.78, 5) is 29.8. The van der Waals surface area contributed by atoms with Crippen molar-refractivity contribution in [1.29, 1.82) is 0 Å². The number of amides is 2. The van der Waals surface area contributed by atoms with Crippen molar-refractivity contribution in [1.82, 2.24) is 15.1 Å². The fraction of sp³-hybridized carbons (Fsp3) is 0.556. The van der Waals surface area contributed by atoms with Gasteiger partial charge in [0.15, 0.2) is 0 Å². The summed E-state index contributed by atoms with van der Waals surface area (Å²) < 4.78 is 5.20. The predicted molar refractivity (Wildman–Crippen MR) is 135 cm³/mol. The molecule has 2 N–H and O–H groups in total. The first-order valence-electron chi connectivity index (χ1n) is 12.6. The molecule has 0 aliphatic carbocycles. The highest BCUT2D eigenvalue weighted by molar-refractivity contribution is 6.07. The standard InChI is InChI=1S/C27H39N3O4/c1-3-5-12-23-19-30(26(32)25-14-9-11-21-10-7-8-13-24(21)25)16-15-29(23)18-22(20-31)28-27(33)34-17-6-4-2/h7-11,13-14,22-23,31H,3-6,12,15-20H2,1-2H3,(H,28,33). The van der Waals surface area contributed by atoms with E-state index < -0.39 is 12.1 Å². The van der Waals surface area contributed by atoms with Gasteiger partial charge in [-0.15, -0.1) is 0 Å². The van der Waals surface area contributed by atoms with Crippen LogP contribution in [0.3, 0.4) is 0 Å². The Morgan fingerprint density at radius 2 is 1.85 bits per heavy atom. The number of aliphatic hydroxyl groups excluding tert-OH is 1. The van der Waals surface area contributed by atoms with Crippen molar-refractivity contribution in [2.45, 2.75) is 58.0 Å². The molecule has 7 heteroatoms. The third kappa shape index (κ3) is 6.93. The summed E-state index contributed by atoms with van der Waals surface area (Å²) in [6.45, 7) is 6.92. The molecule has 2 unspecified atom stereocenters. The summed E-state index contributed by atoms with van der Waals surface area (Å²) >= 11 is 0. The van der Waals surface area contributed by atoms with Crippen LogP contribution in [0.15, 0.2) is 42.5 Å². The highest BCUT2D eigenvalue weighted by atomic mass is 16.5. The van der Waals surface area contributed by atoms with Crippen LogP contribution in [-0.4, -0.2) is 78.4 Å². The molecule has 0 saturated carbocycles. The second kappa shape index (κ2) is 13.3. The maximum atomic E-state index is 13.5. The van der Waals surface area contributed by atoms with Gasteiger partial charge in [0.05, 0.1) is 19.3 Å². The molecule has 34 heavy (non-hydrogen) atoms. The van der Waals surface area contributed by atoms with Crippen LogP contribution in [0.25, 0.3) is 10.8 Å². The van der Waals surface area contributed by atoms with Gasteiger partial charge in [0, 0.05) is 37.8 Å². The van der Waals surface area contributed by atoms with Crippen molar-refractivity contribution < 1.29 is 19.4 Å². The minimum atomic E-state index is -0.484. The molecule has 1 aliphatic rings. The summed E-state index contributed by atoms with van der Waals surface area (Å²) in [6.07, 6.45) is 4.40. The molecule has 0 spiro atoms. The number of hydrogen-bond donors (Lipinski definition) is 2. The fourth-order valence-electron chi connectivity index (χ4n) is 4.56. The minimum Gasteiger partial charge on any atom is -0.450 e. The third-order valence-electron chi connectivity index (χ3n) is 6.53. The molecule has 3 rings (SSSR count). The van der Waals surface area contributed by atoms with Gasteiger partial charge in [0.1, 0.15) is 0 Å². The average Bonchev–Trinajstić information content (AvgIpc) is 2.87. The van der Waals surface area contributed by atoms with Gasteiger partial charge in [-0.2, -0.15) is 0 Å². The zero-order valence-corrected chi connectivity index (χ0v) is 20.5. The second-order valence-corrected chi connectivity index (χ2v) is 9.08. The third-order valence-corrected chi connectivity index (χ3v) is 6.53. The maximum Gasteiger partial charge on any atom is 0.407 e. The number of fused-ring (bicyclic) bond motifs is 1. The molecule has 0 bridgehead atoms. The smallest absolute Gasteiger partial charge is 0.407 e. The lowest BCUT2D eigenvalue weighted by Crippen LogP contribution is -2.58. The normalized spacial score (nSPS) is 17.5. The molecule has 2 atom stereocenters. The Balaban J connectivity index is 1.66. The molecule has 2 aromatic carbocycles. The van der Waals surface area contributed by atoms with Crippen LogP contribution >= 0.6 is 0 Å². The van der Waals surface area contributed by atoms with Crippen molar-refractivity contribution in [3.63, 3.8) is 0 Å². The lowest BCUT2D eigenvalue weighted by atomic mass is 10.0. The largest absolute Gasteiger partial charge is 0.450 e. The molecule has 1 saturated heterocycles. The number of hydrogen-bond acceptors (Lipinski definition) is 5. The van der Waals surface area contributed by atoms with E-state index in [1.54, 1.807) is 0 Å². The molecule has 7 nitrogen and oxygen atoms in total. The van der Waals surface area contributed by atoms with Gasteiger partial charge >= 0.3 is 6.09 Å². The van der Waals surface area contributed by atoms with E-state index in [4.69, 9.17) is 4.74 Å². The zero-order valence-electron chi connectivity index (χ0n) is 20.5. The Morgan fingerprint density at radius 3 is 2.62 bits per heavy atom. The van der Waals surface area contributed by atoms with Gasteiger partial charge in [-0.05, 0) is 29.7 Å². The van der Waals surface area contributed by atoms with Crippen molar-refractivity contribution in [3.05, 3.63) is 48.0 Å². The molecule has 1 heterocycles. The van der Waals surface area contributed by atoms with E-state index in [0.717, 1.165) is 48.4 Å². The molecule has 2 amide bonds. The highest BCUT2D eigenvalue weighted by Crippen LogP contribution is 2.23. The number of carbonyl (C=O) groups is 2. The number of rotatable bonds is 11. The van der Waals surface area contributed by atoms with Crippen molar-refractivity contribution in [3.8, 4) is 0 Å². The number of alkyl carbamates (subject to hydrolysis) is 1. The summed E-state index contributed by atoms with van der Waals surface area (Å²) in [5.74, 6) is 0.0642. The molecule has 0 radical (unpaired) electrons. The number of carbonyl (C=O) groups excluding carboxylic acids is 2. The first kappa shape index (κ1) is 26.0. The lowest BCUT2D eigenvalue weighted by molar-refractivity contribution is 0.0396. The zero-order chi connectivity index (χ0) is 24.3. The van der Waals surface area contributed by atoms with Crippen LogP contribution < -0.4 is 5.32 Å². The number of aliphatic hydroxyl groups is 1. The van der Waals surface area contributed by atoms with Crippen LogP contribution in [-0.2, 0) is 4.74 Å². The Labute approximate surface area is 203 Å². The number of nitrogens with one attached hydrogen (secondary N) is 1. The monoisotopic (exact) mass is 469 g/mol. The Hall–Kier alpha value is -2.64. The first-order chi connectivity index (χ1) is 16.6. The predicted octanol–water partition coefficient (Wildman–Crippen LogP) is 4.04. The number of unbranched alkanes of at least 4 members (excludes halogenated alkanes) is 2. The highest BCUT2D eigenvalue weighted by Gasteiger charge is 2.31. The maximum absolute atomic E-state index is 13.5. The Morgan fingerprint density at radius 1 is 1.09 bits per heavy atom. The number of ether oxygens (including phenoxy) is 1. The summed E-state index contributed by atoms with van der Waals surface area (Å²) in [6, 6.07) is 13.7. The molecule has 2 aromatic rings. The molecule has 1 fully saturated rings. The number of benzene rings is 2. The summed E-state index contributed by atoms with van der Waals surface area (Å²) in [5.41, 5.74) is 0.741. The summed E-state index contributed by atoms with van der Waals surface area (Å²) in [5, 5.41) is 14.7. The van der Waals surface area contributed by atoms with E-state index in [9.17, 15) is 14.7 Å². The van der Waals surface area contributed by atoms with E-state index in [2.05, 4.69) is 17.1 Å². The van der Waals surface area contributed by atoms with E-state index >= 15 is 0 Å². The molecule has 0 aromatic heterocycles. The Bertz CT molecular complexity index is 930. The van der Waals surface area contributed by atoms with Gasteiger partial charge in [-0.3, -0.25) is 9.69 Å². The Kier molecular flexibility index (Phi) is 10.2. The SMILES string of the molecule is CCCCOC(=O)NC(CO)CN1CCN(C(=O)c2cccc3ccccc23)CC1CCCC. The van der Waals surface area contributed by atoms with Gasteiger partial charge in [-0.1, -0.05) is 69.5 Å². The van der Waals surface area contributed by atoms with Gasteiger partial charge in [0.2, 0.25) is 0 Å². The quantitative estimate of drug-likeness (QED) is 0.486. The van der Waals surface area contributed by atoms with Crippen molar-refractivity contribution >= 4 is 22.8 Å². The molecule has 1 aliphatic heterocycles. The second-order valence-electron chi connectivity index (χ2n) is 9.08. The topological polar surface area (TPSA) is 82.1 Å².